The van der Waals surface area contributed by atoms with E-state index in [9.17, 15) is 13.2 Å². The third-order valence-corrected chi connectivity index (χ3v) is 10.2. The Balaban J connectivity index is 1.21. The van der Waals surface area contributed by atoms with Crippen molar-refractivity contribution in [3.05, 3.63) is 59.7 Å². The molecule has 32 heavy (non-hydrogen) atoms. The normalized spacial score (nSPS) is 15.8. The zero-order chi connectivity index (χ0) is 21.9. The molecule has 0 atom stereocenters. The van der Waals surface area contributed by atoms with E-state index in [2.05, 4.69) is 22.1 Å². The third kappa shape index (κ3) is 3.06. The number of piperazine rings is 1. The monoisotopic (exact) mass is 482 g/mol. The Kier molecular flexibility index (Phi) is 4.58. The van der Waals surface area contributed by atoms with Crippen LogP contribution in [0.15, 0.2) is 59.8 Å². The molecule has 0 radical (unpaired) electrons. The smallest absolute Gasteiger partial charge is 0.264 e. The summed E-state index contributed by atoms with van der Waals surface area (Å²) in [6.45, 7) is 1.27. The van der Waals surface area contributed by atoms with Gasteiger partial charge < -0.3 is 9.88 Å². The van der Waals surface area contributed by atoms with Crippen LogP contribution >= 0.6 is 22.7 Å². The molecule has 1 aliphatic rings. The van der Waals surface area contributed by atoms with Crippen LogP contribution in [0.25, 0.3) is 30.5 Å². The van der Waals surface area contributed by atoms with Gasteiger partial charge in [-0.2, -0.15) is 4.31 Å². The fraction of sp³-hybridized carbons (Fsp3) is 0.182. The molecule has 7 nitrogen and oxygen atoms in total. The van der Waals surface area contributed by atoms with Crippen molar-refractivity contribution >= 4 is 69.1 Å². The highest BCUT2D eigenvalue weighted by Gasteiger charge is 2.32. The highest BCUT2D eigenvalue weighted by atomic mass is 32.2. The van der Waals surface area contributed by atoms with Crippen LogP contribution in [0.5, 0.6) is 0 Å². The number of carbonyl (C=O) groups excluding carboxylic acids is 1. The van der Waals surface area contributed by atoms with Crippen molar-refractivity contribution in [2.24, 2.45) is 0 Å². The first-order valence-electron chi connectivity index (χ1n) is 10.1. The number of aromatic amines is 1. The number of nitrogens with zero attached hydrogens (tertiary/aromatic N) is 3. The SMILES string of the molecule is O=C(c1cc2sc3ccccc3c2s1)N1CCN(S(=O)(=O)c2c[nH]c3ncccc23)CC1. The van der Waals surface area contributed by atoms with Crippen molar-refractivity contribution in [3.8, 4) is 0 Å². The maximum absolute atomic E-state index is 13.2. The zero-order valence-corrected chi connectivity index (χ0v) is 19.3. The van der Waals surface area contributed by atoms with E-state index < -0.39 is 10.0 Å². The first kappa shape index (κ1) is 19.9. The van der Waals surface area contributed by atoms with E-state index in [1.165, 1.54) is 31.9 Å². The number of fused-ring (bicyclic) bond motifs is 4. The Hall–Kier alpha value is -2.79. The second kappa shape index (κ2) is 7.38. The molecule has 0 unspecified atom stereocenters. The number of pyridine rings is 1. The maximum atomic E-state index is 13.2. The van der Waals surface area contributed by atoms with Crippen LogP contribution in [0.4, 0.5) is 0 Å². The number of nitrogens with one attached hydrogen (secondary N) is 1. The molecule has 1 aliphatic heterocycles. The number of aromatic nitrogens is 2. The molecule has 162 valence electrons. The van der Waals surface area contributed by atoms with Gasteiger partial charge in [0.15, 0.2) is 0 Å². The summed E-state index contributed by atoms with van der Waals surface area (Å²) >= 11 is 3.21. The molecule has 5 heterocycles. The Morgan fingerprint density at radius 1 is 0.969 bits per heavy atom. The standard InChI is InChI=1S/C22H18N4O3S3/c27-22(18-12-17-20(31-18)14-4-1-2-6-16(14)30-17)25-8-10-26(11-9-25)32(28,29)19-13-24-21-15(19)5-3-7-23-21/h1-7,12-13H,8-11H2,(H,23,24). The Bertz CT molecular complexity index is 1590. The Morgan fingerprint density at radius 3 is 2.59 bits per heavy atom. The summed E-state index contributed by atoms with van der Waals surface area (Å²) in [4.78, 5) is 22.9. The second-order valence-electron chi connectivity index (χ2n) is 7.65. The summed E-state index contributed by atoms with van der Waals surface area (Å²) in [5, 5.41) is 1.76. The molecule has 1 fully saturated rings. The van der Waals surface area contributed by atoms with Crippen LogP contribution in [0.2, 0.25) is 0 Å². The van der Waals surface area contributed by atoms with Gasteiger partial charge in [-0.1, -0.05) is 18.2 Å². The molecular weight excluding hydrogens is 464 g/mol. The van der Waals surface area contributed by atoms with Gasteiger partial charge in [0.05, 0.1) is 9.58 Å². The Morgan fingerprint density at radius 2 is 1.75 bits per heavy atom. The molecule has 4 aromatic heterocycles. The number of hydrogen-bond donors (Lipinski definition) is 1. The molecule has 1 saturated heterocycles. The average Bonchev–Trinajstić information content (AvgIpc) is 3.51. The Labute approximate surface area is 192 Å². The minimum absolute atomic E-state index is 0.0316. The lowest BCUT2D eigenvalue weighted by Gasteiger charge is -2.33. The molecular formula is C22H18N4O3S3. The first-order valence-corrected chi connectivity index (χ1v) is 13.2. The molecule has 1 N–H and O–H groups in total. The van der Waals surface area contributed by atoms with Crippen molar-refractivity contribution in [1.82, 2.24) is 19.2 Å². The molecule has 0 saturated carbocycles. The number of amides is 1. The van der Waals surface area contributed by atoms with Gasteiger partial charge in [0, 0.05) is 58.7 Å². The molecule has 5 aromatic rings. The molecule has 1 amide bonds. The summed E-state index contributed by atoms with van der Waals surface area (Å²) in [6, 6.07) is 13.7. The van der Waals surface area contributed by atoms with E-state index >= 15 is 0 Å². The van der Waals surface area contributed by atoms with Crippen LogP contribution in [0.1, 0.15) is 9.67 Å². The molecule has 10 heteroatoms. The first-order chi connectivity index (χ1) is 15.5. The van der Waals surface area contributed by atoms with E-state index in [4.69, 9.17) is 0 Å². The van der Waals surface area contributed by atoms with Gasteiger partial charge in [0.2, 0.25) is 10.0 Å². The van der Waals surface area contributed by atoms with Crippen LogP contribution < -0.4 is 0 Å². The van der Waals surface area contributed by atoms with E-state index in [-0.39, 0.29) is 23.9 Å². The van der Waals surface area contributed by atoms with E-state index in [1.54, 1.807) is 34.6 Å². The molecule has 0 spiro atoms. The van der Waals surface area contributed by atoms with Crippen molar-refractivity contribution in [3.63, 3.8) is 0 Å². The summed E-state index contributed by atoms with van der Waals surface area (Å²) in [7, 11) is -3.67. The summed E-state index contributed by atoms with van der Waals surface area (Å²) < 4.78 is 31.3. The van der Waals surface area contributed by atoms with Crippen molar-refractivity contribution in [2.45, 2.75) is 4.90 Å². The second-order valence-corrected chi connectivity index (χ2v) is 11.7. The van der Waals surface area contributed by atoms with Crippen LogP contribution in [0, 0.1) is 0 Å². The maximum Gasteiger partial charge on any atom is 0.264 e. The average molecular weight is 483 g/mol. The number of sulfonamides is 1. The van der Waals surface area contributed by atoms with E-state index in [0.29, 0.717) is 29.0 Å². The topological polar surface area (TPSA) is 86.4 Å². The number of benzene rings is 1. The quantitative estimate of drug-likeness (QED) is 0.419. The lowest BCUT2D eigenvalue weighted by Crippen LogP contribution is -2.50. The van der Waals surface area contributed by atoms with Crippen LogP contribution in [0.3, 0.4) is 0 Å². The predicted molar refractivity (Wildman–Crippen MR) is 128 cm³/mol. The van der Waals surface area contributed by atoms with Gasteiger partial charge >= 0.3 is 0 Å². The largest absolute Gasteiger partial charge is 0.345 e. The zero-order valence-electron chi connectivity index (χ0n) is 16.8. The fourth-order valence-corrected chi connectivity index (χ4v) is 8.24. The van der Waals surface area contributed by atoms with Crippen molar-refractivity contribution < 1.29 is 13.2 Å². The van der Waals surface area contributed by atoms with Crippen molar-refractivity contribution in [1.29, 1.82) is 0 Å². The van der Waals surface area contributed by atoms with Gasteiger partial charge in [-0.15, -0.1) is 22.7 Å². The molecule has 1 aromatic carbocycles. The summed E-state index contributed by atoms with van der Waals surface area (Å²) in [6.07, 6.45) is 3.12. The van der Waals surface area contributed by atoms with Gasteiger partial charge in [-0.25, -0.2) is 13.4 Å². The van der Waals surface area contributed by atoms with Crippen LogP contribution in [-0.4, -0.2) is 59.7 Å². The lowest BCUT2D eigenvalue weighted by atomic mass is 10.2. The van der Waals surface area contributed by atoms with E-state index in [1.807, 2.05) is 18.2 Å². The number of hydrogen-bond acceptors (Lipinski definition) is 6. The van der Waals surface area contributed by atoms with E-state index in [0.717, 1.165) is 9.40 Å². The number of H-pyrrole nitrogens is 1. The van der Waals surface area contributed by atoms with Gasteiger partial charge in [0.25, 0.3) is 5.91 Å². The highest BCUT2D eigenvalue weighted by molar-refractivity contribution is 7.89. The molecule has 6 rings (SSSR count). The summed E-state index contributed by atoms with van der Waals surface area (Å²) in [5.41, 5.74) is 0.546. The number of carbonyl (C=O) groups is 1. The van der Waals surface area contributed by atoms with Gasteiger partial charge in [-0.3, -0.25) is 4.79 Å². The minimum atomic E-state index is -3.67. The lowest BCUT2D eigenvalue weighted by molar-refractivity contribution is 0.0703. The third-order valence-electron chi connectivity index (χ3n) is 5.82. The number of rotatable bonds is 3. The molecule has 0 aliphatic carbocycles. The molecule has 0 bridgehead atoms. The number of thiophene rings is 2. The van der Waals surface area contributed by atoms with Gasteiger partial charge in [-0.05, 0) is 24.3 Å². The van der Waals surface area contributed by atoms with Crippen molar-refractivity contribution in [2.75, 3.05) is 26.2 Å². The van der Waals surface area contributed by atoms with Crippen LogP contribution in [-0.2, 0) is 10.0 Å². The predicted octanol–water partition coefficient (Wildman–Crippen LogP) is 4.14. The minimum Gasteiger partial charge on any atom is -0.345 e. The fourth-order valence-electron chi connectivity index (χ4n) is 4.18. The summed E-state index contributed by atoms with van der Waals surface area (Å²) in [5.74, 6) is -0.0316. The van der Waals surface area contributed by atoms with Gasteiger partial charge in [0.1, 0.15) is 10.5 Å². The highest BCUT2D eigenvalue weighted by Crippen LogP contribution is 2.39.